The molecule has 3 nitrogen and oxygen atoms in total. The van der Waals surface area contributed by atoms with E-state index in [4.69, 9.17) is 9.47 Å². The SMILES string of the molecule is CCOC(CC)C(=O)Cc1ccccc1OC. The molecule has 0 N–H and O–H groups in total. The summed E-state index contributed by atoms with van der Waals surface area (Å²) in [5, 5.41) is 0. The second-order valence-electron chi connectivity index (χ2n) is 3.81. The summed E-state index contributed by atoms with van der Waals surface area (Å²) in [5.41, 5.74) is 0.915. The lowest BCUT2D eigenvalue weighted by molar-refractivity contribution is -0.129. The van der Waals surface area contributed by atoms with Crippen LogP contribution in [0.3, 0.4) is 0 Å². The van der Waals surface area contributed by atoms with Crippen molar-refractivity contribution < 1.29 is 14.3 Å². The standard InChI is InChI=1S/C14H20O3/c1-4-13(17-5-2)12(15)10-11-8-6-7-9-14(11)16-3/h6-9,13H,4-5,10H2,1-3H3. The van der Waals surface area contributed by atoms with Crippen LogP contribution < -0.4 is 4.74 Å². The molecule has 0 saturated heterocycles. The number of methoxy groups -OCH3 is 1. The molecule has 0 radical (unpaired) electrons. The summed E-state index contributed by atoms with van der Waals surface area (Å²) in [6.07, 6.45) is 0.773. The van der Waals surface area contributed by atoms with Gasteiger partial charge < -0.3 is 9.47 Å². The molecule has 0 spiro atoms. The molecule has 0 fully saturated rings. The molecule has 17 heavy (non-hydrogen) atoms. The van der Waals surface area contributed by atoms with Gasteiger partial charge in [-0.1, -0.05) is 25.1 Å². The van der Waals surface area contributed by atoms with E-state index in [1.54, 1.807) is 7.11 Å². The van der Waals surface area contributed by atoms with E-state index in [9.17, 15) is 4.79 Å². The molecule has 1 atom stereocenters. The summed E-state index contributed by atoms with van der Waals surface area (Å²) < 4.78 is 10.6. The van der Waals surface area contributed by atoms with Gasteiger partial charge in [0, 0.05) is 18.6 Å². The maximum Gasteiger partial charge on any atom is 0.166 e. The molecule has 1 unspecified atom stereocenters. The third-order valence-electron chi connectivity index (χ3n) is 2.65. The predicted molar refractivity (Wildman–Crippen MR) is 67.4 cm³/mol. The van der Waals surface area contributed by atoms with E-state index in [0.717, 1.165) is 11.3 Å². The molecule has 0 aromatic heterocycles. The quantitative estimate of drug-likeness (QED) is 0.730. The highest BCUT2D eigenvalue weighted by atomic mass is 16.5. The minimum Gasteiger partial charge on any atom is -0.496 e. The molecule has 0 aliphatic carbocycles. The van der Waals surface area contributed by atoms with Crippen LogP contribution in [0.5, 0.6) is 5.75 Å². The first-order chi connectivity index (χ1) is 8.22. The van der Waals surface area contributed by atoms with Crippen molar-refractivity contribution in [3.05, 3.63) is 29.8 Å². The molecule has 0 aliphatic rings. The van der Waals surface area contributed by atoms with E-state index in [1.807, 2.05) is 38.1 Å². The van der Waals surface area contributed by atoms with Crippen LogP contribution in [0, 0.1) is 0 Å². The van der Waals surface area contributed by atoms with Gasteiger partial charge in [-0.2, -0.15) is 0 Å². The van der Waals surface area contributed by atoms with Gasteiger partial charge in [0.1, 0.15) is 11.9 Å². The topological polar surface area (TPSA) is 35.5 Å². The van der Waals surface area contributed by atoms with Crippen LogP contribution in [0.1, 0.15) is 25.8 Å². The molecular weight excluding hydrogens is 216 g/mol. The molecule has 0 aliphatic heterocycles. The van der Waals surface area contributed by atoms with Gasteiger partial charge in [-0.3, -0.25) is 4.79 Å². The lowest BCUT2D eigenvalue weighted by Crippen LogP contribution is -2.25. The van der Waals surface area contributed by atoms with Crippen molar-refractivity contribution in [1.29, 1.82) is 0 Å². The number of para-hydroxylation sites is 1. The number of hydrogen-bond acceptors (Lipinski definition) is 3. The van der Waals surface area contributed by atoms with Crippen molar-refractivity contribution in [2.45, 2.75) is 32.8 Å². The van der Waals surface area contributed by atoms with Crippen molar-refractivity contribution >= 4 is 5.78 Å². The molecule has 0 bridgehead atoms. The van der Waals surface area contributed by atoms with Crippen molar-refractivity contribution in [2.75, 3.05) is 13.7 Å². The summed E-state index contributed by atoms with van der Waals surface area (Å²) in [6, 6.07) is 7.58. The van der Waals surface area contributed by atoms with Crippen molar-refractivity contribution in [2.24, 2.45) is 0 Å². The largest absolute Gasteiger partial charge is 0.496 e. The number of rotatable bonds is 7. The van der Waals surface area contributed by atoms with Crippen LogP contribution in [-0.4, -0.2) is 25.6 Å². The average molecular weight is 236 g/mol. The normalized spacial score (nSPS) is 12.2. The van der Waals surface area contributed by atoms with Gasteiger partial charge >= 0.3 is 0 Å². The van der Waals surface area contributed by atoms with E-state index in [-0.39, 0.29) is 11.9 Å². The molecule has 0 heterocycles. The van der Waals surface area contributed by atoms with Gasteiger partial charge in [-0.25, -0.2) is 0 Å². The number of carbonyl (C=O) groups is 1. The summed E-state index contributed by atoms with van der Waals surface area (Å²) >= 11 is 0. The van der Waals surface area contributed by atoms with Gasteiger partial charge in [-0.15, -0.1) is 0 Å². The summed E-state index contributed by atoms with van der Waals surface area (Å²) in [6.45, 7) is 4.43. The van der Waals surface area contributed by atoms with Crippen molar-refractivity contribution in [3.8, 4) is 5.75 Å². The maximum absolute atomic E-state index is 12.0. The highest BCUT2D eigenvalue weighted by Gasteiger charge is 2.18. The van der Waals surface area contributed by atoms with Crippen LogP contribution in [0.4, 0.5) is 0 Å². The fraction of sp³-hybridized carbons (Fsp3) is 0.500. The van der Waals surface area contributed by atoms with E-state index in [0.29, 0.717) is 19.4 Å². The van der Waals surface area contributed by atoms with Crippen LogP contribution in [0.25, 0.3) is 0 Å². The summed E-state index contributed by atoms with van der Waals surface area (Å²) in [4.78, 5) is 12.0. The van der Waals surface area contributed by atoms with E-state index >= 15 is 0 Å². The Bertz CT molecular complexity index is 360. The molecule has 3 heteroatoms. The third kappa shape index (κ3) is 3.86. The Labute approximate surface area is 103 Å². The number of Topliss-reactive ketones (excluding diaryl/α,β-unsaturated/α-hetero) is 1. The Kier molecular flexibility index (Phi) is 5.70. The van der Waals surface area contributed by atoms with Crippen molar-refractivity contribution in [3.63, 3.8) is 0 Å². The highest BCUT2D eigenvalue weighted by molar-refractivity contribution is 5.85. The zero-order valence-electron chi connectivity index (χ0n) is 10.7. The first kappa shape index (κ1) is 13.7. The van der Waals surface area contributed by atoms with E-state index in [1.165, 1.54) is 0 Å². The minimum absolute atomic E-state index is 0.110. The Morgan fingerprint density at radius 1 is 1.29 bits per heavy atom. The minimum atomic E-state index is -0.301. The smallest absolute Gasteiger partial charge is 0.166 e. The summed E-state index contributed by atoms with van der Waals surface area (Å²) in [7, 11) is 1.61. The fourth-order valence-electron chi connectivity index (χ4n) is 1.79. The number of ether oxygens (including phenoxy) is 2. The molecular formula is C14H20O3. The number of ketones is 1. The zero-order chi connectivity index (χ0) is 12.7. The van der Waals surface area contributed by atoms with Gasteiger partial charge in [-0.05, 0) is 19.4 Å². The van der Waals surface area contributed by atoms with E-state index in [2.05, 4.69) is 0 Å². The second-order valence-corrected chi connectivity index (χ2v) is 3.81. The first-order valence-corrected chi connectivity index (χ1v) is 5.99. The Balaban J connectivity index is 2.72. The maximum atomic E-state index is 12.0. The monoisotopic (exact) mass is 236 g/mol. The molecule has 94 valence electrons. The first-order valence-electron chi connectivity index (χ1n) is 5.99. The van der Waals surface area contributed by atoms with Gasteiger partial charge in [0.05, 0.1) is 7.11 Å². The van der Waals surface area contributed by atoms with Crippen LogP contribution in [0.2, 0.25) is 0 Å². The Hall–Kier alpha value is -1.35. The van der Waals surface area contributed by atoms with E-state index < -0.39 is 0 Å². The van der Waals surface area contributed by atoms with Crippen molar-refractivity contribution in [1.82, 2.24) is 0 Å². The van der Waals surface area contributed by atoms with Crippen LogP contribution >= 0.6 is 0 Å². The number of hydrogen-bond donors (Lipinski definition) is 0. The molecule has 0 amide bonds. The lowest BCUT2D eigenvalue weighted by Gasteiger charge is -2.14. The number of carbonyl (C=O) groups excluding carboxylic acids is 1. The fourth-order valence-corrected chi connectivity index (χ4v) is 1.79. The van der Waals surface area contributed by atoms with Crippen LogP contribution in [0.15, 0.2) is 24.3 Å². The third-order valence-corrected chi connectivity index (χ3v) is 2.65. The van der Waals surface area contributed by atoms with Gasteiger partial charge in [0.25, 0.3) is 0 Å². The number of benzene rings is 1. The Morgan fingerprint density at radius 2 is 2.00 bits per heavy atom. The highest BCUT2D eigenvalue weighted by Crippen LogP contribution is 2.19. The second kappa shape index (κ2) is 7.07. The predicted octanol–water partition coefficient (Wildman–Crippen LogP) is 2.62. The Morgan fingerprint density at radius 3 is 2.59 bits per heavy atom. The molecule has 1 aromatic carbocycles. The van der Waals surface area contributed by atoms with Crippen LogP contribution in [-0.2, 0) is 16.0 Å². The zero-order valence-corrected chi connectivity index (χ0v) is 10.7. The lowest BCUT2D eigenvalue weighted by atomic mass is 10.0. The van der Waals surface area contributed by atoms with Gasteiger partial charge in [0.2, 0.25) is 0 Å². The molecule has 0 saturated carbocycles. The summed E-state index contributed by atoms with van der Waals surface area (Å²) in [5.74, 6) is 0.867. The molecule has 1 rings (SSSR count). The molecule has 1 aromatic rings. The average Bonchev–Trinajstić information content (AvgIpc) is 2.36. The van der Waals surface area contributed by atoms with Gasteiger partial charge in [0.15, 0.2) is 5.78 Å².